The lowest BCUT2D eigenvalue weighted by molar-refractivity contribution is 0.00578. The summed E-state index contributed by atoms with van der Waals surface area (Å²) in [6, 6.07) is 10.6. The predicted octanol–water partition coefficient (Wildman–Crippen LogP) is 5.49. The molecular formula is C23H38B2O4. The molecule has 3 rings (SSSR count). The Labute approximate surface area is 178 Å². The van der Waals surface area contributed by atoms with Gasteiger partial charge in [-0.15, -0.1) is 0 Å². The van der Waals surface area contributed by atoms with E-state index < -0.39 is 19.5 Å². The van der Waals surface area contributed by atoms with E-state index in [2.05, 4.69) is 92.6 Å². The van der Waals surface area contributed by atoms with Crippen LogP contribution >= 0.6 is 0 Å². The zero-order chi connectivity index (χ0) is 21.7. The third-order valence-corrected chi connectivity index (χ3v) is 7.61. The zero-order valence-electron chi connectivity index (χ0n) is 19.8. The van der Waals surface area contributed by atoms with Gasteiger partial charge in [0.25, 0.3) is 0 Å². The van der Waals surface area contributed by atoms with Gasteiger partial charge < -0.3 is 18.6 Å². The molecule has 0 bridgehead atoms. The molecule has 0 saturated carbocycles. The monoisotopic (exact) mass is 400 g/mol. The second kappa shape index (κ2) is 7.40. The van der Waals surface area contributed by atoms with Crippen LogP contribution in [-0.2, 0) is 25.0 Å². The minimum atomic E-state index is -0.426. The van der Waals surface area contributed by atoms with Crippen molar-refractivity contribution >= 4 is 14.2 Å². The molecule has 6 heteroatoms. The third kappa shape index (κ3) is 4.19. The van der Waals surface area contributed by atoms with Gasteiger partial charge in [0.15, 0.2) is 0 Å². The van der Waals surface area contributed by atoms with Crippen molar-refractivity contribution < 1.29 is 18.6 Å². The summed E-state index contributed by atoms with van der Waals surface area (Å²) in [4.78, 5) is 0. The SMILES string of the molecule is CC(CCCc1ccccc1)(B1OC(C)(C)C(C)(C)O1)B1OC(C)(C)C(C)(C)O1. The fraction of sp³-hybridized carbons (Fsp3) is 0.739. The number of rotatable bonds is 6. The summed E-state index contributed by atoms with van der Waals surface area (Å²) in [6.45, 7) is 19.0. The Morgan fingerprint density at radius 3 is 1.45 bits per heavy atom. The molecule has 0 atom stereocenters. The van der Waals surface area contributed by atoms with Crippen molar-refractivity contribution in [3.05, 3.63) is 35.9 Å². The minimum Gasteiger partial charge on any atom is -0.403 e. The molecule has 0 N–H and O–H groups in total. The van der Waals surface area contributed by atoms with Crippen molar-refractivity contribution in [2.75, 3.05) is 0 Å². The highest BCUT2D eigenvalue weighted by molar-refractivity contribution is 6.71. The van der Waals surface area contributed by atoms with E-state index in [9.17, 15) is 0 Å². The van der Waals surface area contributed by atoms with Gasteiger partial charge in [-0.3, -0.25) is 0 Å². The highest BCUT2D eigenvalue weighted by atomic mass is 16.7. The van der Waals surface area contributed by atoms with E-state index in [-0.39, 0.29) is 22.4 Å². The number of hydrogen-bond acceptors (Lipinski definition) is 4. The maximum atomic E-state index is 6.50. The van der Waals surface area contributed by atoms with Crippen LogP contribution in [0.15, 0.2) is 30.3 Å². The van der Waals surface area contributed by atoms with Gasteiger partial charge in [-0.25, -0.2) is 0 Å². The average molecular weight is 400 g/mol. The first kappa shape index (κ1) is 22.9. The van der Waals surface area contributed by atoms with E-state index in [0.717, 1.165) is 19.3 Å². The highest BCUT2D eigenvalue weighted by Crippen LogP contribution is 2.53. The van der Waals surface area contributed by atoms with E-state index in [1.165, 1.54) is 5.56 Å². The average Bonchev–Trinajstić information content (AvgIpc) is 2.96. The summed E-state index contributed by atoms with van der Waals surface area (Å²) in [5, 5.41) is -0.426. The molecule has 2 aliphatic heterocycles. The van der Waals surface area contributed by atoms with E-state index in [1.54, 1.807) is 0 Å². The molecule has 160 valence electrons. The molecular weight excluding hydrogens is 362 g/mol. The molecule has 0 spiro atoms. The van der Waals surface area contributed by atoms with Gasteiger partial charge in [0.05, 0.1) is 22.4 Å². The molecule has 0 aromatic heterocycles. The van der Waals surface area contributed by atoms with Crippen LogP contribution < -0.4 is 0 Å². The molecule has 0 amide bonds. The van der Waals surface area contributed by atoms with Crippen molar-refractivity contribution in [3.63, 3.8) is 0 Å². The van der Waals surface area contributed by atoms with Crippen LogP contribution in [0.2, 0.25) is 5.21 Å². The molecule has 0 radical (unpaired) electrons. The quantitative estimate of drug-likeness (QED) is 0.592. The predicted molar refractivity (Wildman–Crippen MR) is 120 cm³/mol. The van der Waals surface area contributed by atoms with Gasteiger partial charge in [-0.05, 0) is 73.8 Å². The summed E-state index contributed by atoms with van der Waals surface area (Å²) in [5.41, 5.74) is -0.203. The van der Waals surface area contributed by atoms with Gasteiger partial charge in [0.1, 0.15) is 0 Å². The lowest BCUT2D eigenvalue weighted by atomic mass is 9.38. The van der Waals surface area contributed by atoms with E-state index in [1.807, 2.05) is 0 Å². The van der Waals surface area contributed by atoms with Gasteiger partial charge in [0.2, 0.25) is 0 Å². The standard InChI is InChI=1S/C23H38B2O4/c1-19(2)20(3,4)27-24(26-19)23(9,17-13-16-18-14-11-10-12-15-18)25-28-21(5,6)22(7,8)29-25/h10-12,14-15H,13,16-17H2,1-9H3. The normalized spacial score (nSPS) is 24.9. The fourth-order valence-corrected chi connectivity index (χ4v) is 3.89. The molecule has 2 fully saturated rings. The van der Waals surface area contributed by atoms with Gasteiger partial charge in [-0.1, -0.05) is 43.7 Å². The zero-order valence-corrected chi connectivity index (χ0v) is 19.8. The Hall–Kier alpha value is -0.810. The molecule has 0 unspecified atom stereocenters. The molecule has 0 aliphatic carbocycles. The van der Waals surface area contributed by atoms with Crippen LogP contribution in [-0.4, -0.2) is 36.6 Å². The number of benzene rings is 1. The Balaban J connectivity index is 1.84. The maximum absolute atomic E-state index is 6.50. The second-order valence-electron chi connectivity index (χ2n) is 11.0. The molecule has 29 heavy (non-hydrogen) atoms. The maximum Gasteiger partial charge on any atom is 0.461 e. The van der Waals surface area contributed by atoms with Gasteiger partial charge in [-0.2, -0.15) is 0 Å². The van der Waals surface area contributed by atoms with Crippen LogP contribution in [0, 0.1) is 0 Å². The Morgan fingerprint density at radius 2 is 1.07 bits per heavy atom. The van der Waals surface area contributed by atoms with E-state index in [4.69, 9.17) is 18.6 Å². The molecule has 1 aromatic rings. The summed E-state index contributed by atoms with van der Waals surface area (Å²) in [7, 11) is -0.782. The minimum absolute atomic E-state index is 0.387. The lowest BCUT2D eigenvalue weighted by Crippen LogP contribution is -2.47. The first-order valence-corrected chi connectivity index (χ1v) is 11.0. The summed E-state index contributed by atoms with van der Waals surface area (Å²) in [5.74, 6) is 0. The van der Waals surface area contributed by atoms with E-state index in [0.29, 0.717) is 0 Å². The van der Waals surface area contributed by atoms with Crippen molar-refractivity contribution in [2.24, 2.45) is 0 Å². The molecule has 1 aromatic carbocycles. The van der Waals surface area contributed by atoms with Gasteiger partial charge >= 0.3 is 14.2 Å². The first-order chi connectivity index (χ1) is 13.2. The largest absolute Gasteiger partial charge is 0.461 e. The van der Waals surface area contributed by atoms with Crippen molar-refractivity contribution in [1.29, 1.82) is 0 Å². The lowest BCUT2D eigenvalue weighted by Gasteiger charge is -2.33. The van der Waals surface area contributed by atoms with Crippen LogP contribution in [0.5, 0.6) is 0 Å². The third-order valence-electron chi connectivity index (χ3n) is 7.61. The highest BCUT2D eigenvalue weighted by Gasteiger charge is 2.67. The Kier molecular flexibility index (Phi) is 5.84. The smallest absolute Gasteiger partial charge is 0.403 e. The van der Waals surface area contributed by atoms with Crippen LogP contribution in [0.3, 0.4) is 0 Å². The number of aryl methyl sites for hydroxylation is 1. The van der Waals surface area contributed by atoms with E-state index >= 15 is 0 Å². The summed E-state index contributed by atoms with van der Waals surface area (Å²) in [6.07, 6.45) is 2.90. The Bertz CT molecular complexity index is 647. The van der Waals surface area contributed by atoms with Crippen molar-refractivity contribution in [1.82, 2.24) is 0 Å². The second-order valence-corrected chi connectivity index (χ2v) is 11.0. The Morgan fingerprint density at radius 1 is 0.690 bits per heavy atom. The molecule has 4 nitrogen and oxygen atoms in total. The first-order valence-electron chi connectivity index (χ1n) is 11.0. The number of hydrogen-bond donors (Lipinski definition) is 0. The van der Waals surface area contributed by atoms with Gasteiger partial charge in [0, 0.05) is 5.21 Å². The fourth-order valence-electron chi connectivity index (χ4n) is 3.89. The van der Waals surface area contributed by atoms with Crippen LogP contribution in [0.4, 0.5) is 0 Å². The van der Waals surface area contributed by atoms with Crippen molar-refractivity contribution in [3.8, 4) is 0 Å². The topological polar surface area (TPSA) is 36.9 Å². The van der Waals surface area contributed by atoms with Crippen LogP contribution in [0.1, 0.15) is 80.7 Å². The van der Waals surface area contributed by atoms with Crippen molar-refractivity contribution in [2.45, 2.75) is 109 Å². The summed E-state index contributed by atoms with van der Waals surface area (Å²) >= 11 is 0. The molecule has 2 saturated heterocycles. The molecule has 2 heterocycles. The molecule has 2 aliphatic rings. The van der Waals surface area contributed by atoms with Crippen LogP contribution in [0.25, 0.3) is 0 Å². The summed E-state index contributed by atoms with van der Waals surface area (Å²) < 4.78 is 26.0.